The van der Waals surface area contributed by atoms with E-state index < -0.39 is 97.5 Å². The second-order valence-electron chi connectivity index (χ2n) is 27.7. The van der Waals surface area contributed by atoms with Crippen molar-refractivity contribution in [3.05, 3.63) is 146 Å². The van der Waals surface area contributed by atoms with Crippen LogP contribution < -0.4 is 0 Å². The van der Waals surface area contributed by atoms with Crippen molar-refractivity contribution in [2.45, 2.75) is 354 Å². The number of hydrogen-bond donors (Lipinski definition) is 3. The molecule has 0 aliphatic rings. The highest BCUT2D eigenvalue weighted by molar-refractivity contribution is 7.47. The van der Waals surface area contributed by atoms with Gasteiger partial charge in [-0.15, -0.1) is 0 Å². The van der Waals surface area contributed by atoms with Gasteiger partial charge in [0.15, 0.2) is 12.2 Å². The van der Waals surface area contributed by atoms with E-state index in [1.807, 2.05) is 36.5 Å². The fourth-order valence-electron chi connectivity index (χ4n) is 10.8. The average molecular weight is 1550 g/mol. The molecular formula is C89H150O17P2. The number of allylic oxidation sites excluding steroid dienone is 24. The number of aliphatic hydroxyl groups is 1. The zero-order chi connectivity index (χ0) is 78.9. The molecule has 0 fully saturated rings. The number of rotatable bonds is 78. The highest BCUT2D eigenvalue weighted by atomic mass is 31.2. The maximum Gasteiger partial charge on any atom is 0.472 e. The normalized spacial score (nSPS) is 14.5. The van der Waals surface area contributed by atoms with Crippen molar-refractivity contribution in [2.24, 2.45) is 0 Å². The molecule has 0 rings (SSSR count). The van der Waals surface area contributed by atoms with E-state index in [1.165, 1.54) is 103 Å². The highest BCUT2D eigenvalue weighted by Crippen LogP contribution is 2.45. The minimum atomic E-state index is -5.02. The van der Waals surface area contributed by atoms with Crippen molar-refractivity contribution in [1.82, 2.24) is 0 Å². The average Bonchev–Trinajstić information content (AvgIpc) is 0.896. The molecule has 2 unspecified atom stereocenters. The molecule has 0 amide bonds. The van der Waals surface area contributed by atoms with E-state index in [4.69, 9.17) is 37.0 Å². The zero-order valence-corrected chi connectivity index (χ0v) is 69.5. The molecule has 5 atom stereocenters. The van der Waals surface area contributed by atoms with Crippen LogP contribution in [0.5, 0.6) is 0 Å². The first-order valence-corrected chi connectivity index (χ1v) is 45.1. The number of ether oxygens (including phenoxy) is 4. The first-order valence-electron chi connectivity index (χ1n) is 42.1. The summed E-state index contributed by atoms with van der Waals surface area (Å²) >= 11 is 0. The Hall–Kier alpha value is -5.06. The largest absolute Gasteiger partial charge is 0.472 e. The number of phosphoric acid groups is 2. The lowest BCUT2D eigenvalue weighted by Gasteiger charge is -2.21. The zero-order valence-electron chi connectivity index (χ0n) is 67.7. The summed E-state index contributed by atoms with van der Waals surface area (Å²) in [5.41, 5.74) is 0. The van der Waals surface area contributed by atoms with Crippen molar-refractivity contribution in [2.75, 3.05) is 39.6 Å². The molecular weight excluding hydrogens is 1400 g/mol. The number of hydrogen-bond acceptors (Lipinski definition) is 15. The monoisotopic (exact) mass is 1550 g/mol. The van der Waals surface area contributed by atoms with Gasteiger partial charge in [0.25, 0.3) is 0 Å². The van der Waals surface area contributed by atoms with Gasteiger partial charge in [-0.2, -0.15) is 0 Å². The van der Waals surface area contributed by atoms with Crippen molar-refractivity contribution in [1.29, 1.82) is 0 Å². The molecule has 17 nitrogen and oxygen atoms in total. The fraction of sp³-hybridized carbons (Fsp3) is 0.685. The van der Waals surface area contributed by atoms with Crippen LogP contribution in [0, 0.1) is 0 Å². The van der Waals surface area contributed by atoms with Gasteiger partial charge in [0.2, 0.25) is 0 Å². The SMILES string of the molecule is CCCCC/C=C\C/C=C\C/C=C\C/C=C\C/C=C\CCC(=O)OC[C@H](COP(=O)(O)OC[C@@H](O)COP(=O)(O)OC[C@@H](COC(=O)CCCCCCC/C=C\CCCCCCCC)OC(=O)CCCCCCCCC/C=C\CCCCCC)OC(=O)CC/C=C\C/C=C\C/C=C\C/C=C\C/C=C\CCCCC. The minimum absolute atomic E-state index is 0.0184. The topological polar surface area (TPSA) is 237 Å². The third-order valence-electron chi connectivity index (χ3n) is 17.3. The van der Waals surface area contributed by atoms with Crippen LogP contribution in [0.2, 0.25) is 0 Å². The van der Waals surface area contributed by atoms with E-state index in [9.17, 15) is 43.2 Å². The predicted octanol–water partition coefficient (Wildman–Crippen LogP) is 25.0. The number of carbonyl (C=O) groups is 4. The van der Waals surface area contributed by atoms with Gasteiger partial charge in [0.05, 0.1) is 26.4 Å². The van der Waals surface area contributed by atoms with Gasteiger partial charge in [0, 0.05) is 25.7 Å². The Morgan fingerprint density at radius 2 is 0.472 bits per heavy atom. The van der Waals surface area contributed by atoms with E-state index in [-0.39, 0.29) is 25.7 Å². The van der Waals surface area contributed by atoms with Gasteiger partial charge in [-0.05, 0) is 154 Å². The number of phosphoric ester groups is 2. The second-order valence-corrected chi connectivity index (χ2v) is 30.6. The number of carbonyl (C=O) groups excluding carboxylic acids is 4. The Morgan fingerprint density at radius 1 is 0.259 bits per heavy atom. The van der Waals surface area contributed by atoms with Crippen LogP contribution in [0.4, 0.5) is 0 Å². The molecule has 0 spiro atoms. The van der Waals surface area contributed by atoms with E-state index in [1.54, 1.807) is 0 Å². The Kier molecular flexibility index (Phi) is 76.3. The summed E-state index contributed by atoms with van der Waals surface area (Å²) in [5, 5.41) is 10.7. The summed E-state index contributed by atoms with van der Waals surface area (Å²) in [6.07, 6.45) is 92.7. The first kappa shape index (κ1) is 103. The molecule has 0 aliphatic heterocycles. The summed E-state index contributed by atoms with van der Waals surface area (Å²) in [6.45, 7) is 4.64. The van der Waals surface area contributed by atoms with Crippen LogP contribution >= 0.6 is 15.6 Å². The summed E-state index contributed by atoms with van der Waals surface area (Å²) in [6, 6.07) is 0. The Balaban J connectivity index is 5.52. The smallest absolute Gasteiger partial charge is 0.462 e. The summed E-state index contributed by atoms with van der Waals surface area (Å²) in [5.74, 6) is -2.38. The lowest BCUT2D eigenvalue weighted by Crippen LogP contribution is -2.30. The van der Waals surface area contributed by atoms with Gasteiger partial charge >= 0.3 is 39.5 Å². The van der Waals surface area contributed by atoms with Crippen LogP contribution in [0.25, 0.3) is 0 Å². The quantitative estimate of drug-likeness (QED) is 0.0169. The molecule has 0 aromatic heterocycles. The van der Waals surface area contributed by atoms with Crippen LogP contribution in [0.15, 0.2) is 146 Å². The molecule has 0 saturated carbocycles. The minimum Gasteiger partial charge on any atom is -0.462 e. The Morgan fingerprint density at radius 3 is 0.806 bits per heavy atom. The predicted molar refractivity (Wildman–Crippen MR) is 445 cm³/mol. The summed E-state index contributed by atoms with van der Waals surface area (Å²) in [7, 11) is -10.0. The van der Waals surface area contributed by atoms with Gasteiger partial charge in [-0.25, -0.2) is 9.13 Å². The second kappa shape index (κ2) is 80.0. The van der Waals surface area contributed by atoms with Gasteiger partial charge < -0.3 is 33.8 Å². The lowest BCUT2D eigenvalue weighted by atomic mass is 10.1. The van der Waals surface area contributed by atoms with E-state index in [2.05, 4.69) is 137 Å². The summed E-state index contributed by atoms with van der Waals surface area (Å²) in [4.78, 5) is 73.1. The van der Waals surface area contributed by atoms with Crippen molar-refractivity contribution < 1.29 is 80.2 Å². The number of aliphatic hydroxyl groups excluding tert-OH is 1. The summed E-state index contributed by atoms with van der Waals surface area (Å²) < 4.78 is 68.6. The third kappa shape index (κ3) is 79.0. The van der Waals surface area contributed by atoms with Crippen LogP contribution in [0.3, 0.4) is 0 Å². The van der Waals surface area contributed by atoms with Crippen molar-refractivity contribution in [3.63, 3.8) is 0 Å². The van der Waals surface area contributed by atoms with Gasteiger partial charge in [-0.3, -0.25) is 37.3 Å². The van der Waals surface area contributed by atoms with E-state index >= 15 is 0 Å². The maximum absolute atomic E-state index is 13.1. The molecule has 0 heterocycles. The molecule has 3 N–H and O–H groups in total. The molecule has 108 heavy (non-hydrogen) atoms. The number of unbranched alkanes of at least 4 members (excludes halogenated alkanes) is 28. The van der Waals surface area contributed by atoms with E-state index in [0.29, 0.717) is 38.5 Å². The van der Waals surface area contributed by atoms with Gasteiger partial charge in [-0.1, -0.05) is 302 Å². The van der Waals surface area contributed by atoms with Crippen LogP contribution in [-0.4, -0.2) is 96.7 Å². The highest BCUT2D eigenvalue weighted by Gasteiger charge is 2.30. The molecule has 618 valence electrons. The van der Waals surface area contributed by atoms with E-state index in [0.717, 1.165) is 141 Å². The first-order chi connectivity index (χ1) is 52.7. The molecule has 0 aromatic carbocycles. The molecule has 0 radical (unpaired) electrons. The number of esters is 4. The maximum atomic E-state index is 13.1. The standard InChI is InChI=1S/C89H150O17P2/c1-5-9-13-17-21-25-29-33-37-39-41-43-47-50-54-58-62-66-70-74-87(92)100-80-85(106-89(94)76-72-68-64-60-56-52-48-44-42-40-38-34-30-26-22-18-14-10-6-2)82-104-108(97,98)102-78-83(90)77-101-107(95,96)103-81-84(105-88(93)75-71-67-63-59-55-51-46-36-32-28-24-20-16-12-8-4)79-99-86(91)73-69-65-61-57-53-49-45-35-31-27-23-19-15-11-7-3/h21-22,25-26,28,32-35,37-38,41-45,50,52,54,56,62,64,66,68,83-85,90H,5-20,23-24,27,29-31,36,39-40,46-49,51,53,55,57-61,63,65,67,69-82H2,1-4H3,(H,95,96)(H,97,98)/b25-21-,26-22-,32-28-,37-33-,38-34-,43-41-,44-42-,45-35-,54-50-,56-52-,66-62-,68-64-/t83-,84+,85+/m0/s1. The van der Waals surface area contributed by atoms with Gasteiger partial charge in [0.1, 0.15) is 19.3 Å². The van der Waals surface area contributed by atoms with Crippen LogP contribution in [-0.2, 0) is 65.4 Å². The lowest BCUT2D eigenvalue weighted by molar-refractivity contribution is -0.161. The molecule has 19 heteroatoms. The molecule has 0 saturated heterocycles. The molecule has 0 aliphatic carbocycles. The van der Waals surface area contributed by atoms with Crippen molar-refractivity contribution >= 4 is 39.5 Å². The Bertz CT molecular complexity index is 2610. The molecule has 0 aromatic rings. The third-order valence-corrected chi connectivity index (χ3v) is 19.2. The fourth-order valence-corrected chi connectivity index (χ4v) is 12.4. The van der Waals surface area contributed by atoms with Crippen LogP contribution in [0.1, 0.15) is 336 Å². The van der Waals surface area contributed by atoms with Crippen molar-refractivity contribution in [3.8, 4) is 0 Å². The Labute approximate surface area is 656 Å². The molecule has 0 bridgehead atoms.